The molecule has 0 heterocycles. The van der Waals surface area contributed by atoms with Crippen LogP contribution in [-0.4, -0.2) is 11.3 Å². The van der Waals surface area contributed by atoms with Crippen LogP contribution < -0.4 is 5.11 Å². The van der Waals surface area contributed by atoms with Gasteiger partial charge in [-0.2, -0.15) is 0 Å². The Morgan fingerprint density at radius 1 is 1.00 bits per heavy atom. The molecule has 0 aliphatic rings. The predicted octanol–water partition coefficient (Wildman–Crippen LogP) is 2.81. The molecule has 2 nitrogen and oxygen atoms in total. The SMILES string of the molecule is C=C(CCCCCCCCCBr)C(=O)[O-]. The molecule has 0 saturated carbocycles. The van der Waals surface area contributed by atoms with E-state index in [2.05, 4.69) is 22.5 Å². The topological polar surface area (TPSA) is 40.1 Å². The third kappa shape index (κ3) is 9.98. The molecule has 0 aromatic carbocycles. The highest BCUT2D eigenvalue weighted by Gasteiger charge is 1.95. The number of hydrogen-bond donors (Lipinski definition) is 0. The summed E-state index contributed by atoms with van der Waals surface area (Å²) in [6.07, 6.45) is 8.87. The first-order valence-corrected chi connectivity index (χ1v) is 6.75. The molecule has 15 heavy (non-hydrogen) atoms. The summed E-state index contributed by atoms with van der Waals surface area (Å²) in [5, 5.41) is 11.4. The predicted molar refractivity (Wildman–Crippen MR) is 64.9 cm³/mol. The van der Waals surface area contributed by atoms with E-state index in [1.165, 1.54) is 32.1 Å². The van der Waals surface area contributed by atoms with Crippen molar-refractivity contribution in [2.75, 3.05) is 5.33 Å². The maximum Gasteiger partial charge on any atom is 0.0668 e. The van der Waals surface area contributed by atoms with Crippen molar-refractivity contribution in [2.24, 2.45) is 0 Å². The van der Waals surface area contributed by atoms with Crippen LogP contribution in [0.2, 0.25) is 0 Å². The fourth-order valence-corrected chi connectivity index (χ4v) is 1.82. The van der Waals surface area contributed by atoms with Gasteiger partial charge in [0.1, 0.15) is 0 Å². The van der Waals surface area contributed by atoms with Crippen LogP contribution in [0.5, 0.6) is 0 Å². The molecular formula is C12H20BrO2-. The number of alkyl halides is 1. The minimum Gasteiger partial charge on any atom is -0.545 e. The summed E-state index contributed by atoms with van der Waals surface area (Å²) in [4.78, 5) is 10.3. The summed E-state index contributed by atoms with van der Waals surface area (Å²) in [6, 6.07) is 0. The Hall–Kier alpha value is -0.310. The number of carboxylic acid groups (broad SMARTS) is 1. The van der Waals surface area contributed by atoms with Gasteiger partial charge in [0.2, 0.25) is 0 Å². The van der Waals surface area contributed by atoms with Gasteiger partial charge >= 0.3 is 0 Å². The van der Waals surface area contributed by atoms with Gasteiger partial charge in [0.05, 0.1) is 5.97 Å². The van der Waals surface area contributed by atoms with Gasteiger partial charge in [-0.15, -0.1) is 0 Å². The monoisotopic (exact) mass is 275 g/mol. The van der Waals surface area contributed by atoms with E-state index in [4.69, 9.17) is 0 Å². The van der Waals surface area contributed by atoms with Gasteiger partial charge in [0, 0.05) is 5.33 Å². The van der Waals surface area contributed by atoms with Crippen molar-refractivity contribution >= 4 is 21.9 Å². The Balaban J connectivity index is 3.11. The third-order valence-electron chi connectivity index (χ3n) is 2.40. The second-order valence-electron chi connectivity index (χ2n) is 3.80. The summed E-state index contributed by atoms with van der Waals surface area (Å²) in [5.41, 5.74) is 0.231. The number of carbonyl (C=O) groups excluding carboxylic acids is 1. The number of hydrogen-bond acceptors (Lipinski definition) is 2. The van der Waals surface area contributed by atoms with Crippen LogP contribution in [0.25, 0.3) is 0 Å². The lowest BCUT2D eigenvalue weighted by Gasteiger charge is -2.05. The van der Waals surface area contributed by atoms with Crippen LogP contribution in [0.15, 0.2) is 12.2 Å². The van der Waals surface area contributed by atoms with Crippen LogP contribution in [0.1, 0.15) is 51.4 Å². The first-order chi connectivity index (χ1) is 7.18. The van der Waals surface area contributed by atoms with Crippen LogP contribution in [0.4, 0.5) is 0 Å². The van der Waals surface area contributed by atoms with E-state index in [1.807, 2.05) is 0 Å². The zero-order valence-electron chi connectivity index (χ0n) is 9.27. The van der Waals surface area contributed by atoms with Crippen molar-refractivity contribution in [1.82, 2.24) is 0 Å². The average molecular weight is 276 g/mol. The van der Waals surface area contributed by atoms with Crippen LogP contribution in [0, 0.1) is 0 Å². The van der Waals surface area contributed by atoms with Gasteiger partial charge in [0.15, 0.2) is 0 Å². The molecule has 0 saturated heterocycles. The van der Waals surface area contributed by atoms with E-state index in [0.29, 0.717) is 6.42 Å². The third-order valence-corrected chi connectivity index (χ3v) is 2.96. The Bertz CT molecular complexity index is 190. The number of carbonyl (C=O) groups is 1. The van der Waals surface area contributed by atoms with Crippen molar-refractivity contribution in [2.45, 2.75) is 51.4 Å². The second kappa shape index (κ2) is 10.2. The molecule has 0 atom stereocenters. The molecule has 0 N–H and O–H groups in total. The minimum atomic E-state index is -1.10. The largest absolute Gasteiger partial charge is 0.545 e. The molecule has 0 aromatic rings. The van der Waals surface area contributed by atoms with Crippen molar-refractivity contribution in [3.63, 3.8) is 0 Å². The standard InChI is InChI=1S/C12H21BrO2/c1-11(12(14)15)9-7-5-3-2-4-6-8-10-13/h1-10H2,(H,14,15)/p-1. The number of halogens is 1. The molecule has 0 radical (unpaired) electrons. The zero-order valence-corrected chi connectivity index (χ0v) is 10.9. The van der Waals surface area contributed by atoms with E-state index >= 15 is 0 Å². The minimum absolute atomic E-state index is 0.231. The summed E-state index contributed by atoms with van der Waals surface area (Å²) >= 11 is 3.40. The molecule has 0 aliphatic carbocycles. The van der Waals surface area contributed by atoms with Gasteiger partial charge in [-0.25, -0.2) is 0 Å². The molecule has 0 amide bonds. The molecule has 3 heteroatoms. The summed E-state index contributed by atoms with van der Waals surface area (Å²) < 4.78 is 0. The van der Waals surface area contributed by atoms with Crippen molar-refractivity contribution in [3.8, 4) is 0 Å². The fourth-order valence-electron chi connectivity index (χ4n) is 1.42. The van der Waals surface area contributed by atoms with Gasteiger partial charge < -0.3 is 9.90 Å². The van der Waals surface area contributed by atoms with Gasteiger partial charge in [-0.3, -0.25) is 0 Å². The first-order valence-electron chi connectivity index (χ1n) is 5.63. The highest BCUT2D eigenvalue weighted by Crippen LogP contribution is 2.11. The molecule has 0 aromatic heterocycles. The Morgan fingerprint density at radius 3 is 1.93 bits per heavy atom. The summed E-state index contributed by atoms with van der Waals surface area (Å²) in [5.74, 6) is -1.10. The Labute approximate surface area is 101 Å². The highest BCUT2D eigenvalue weighted by molar-refractivity contribution is 9.09. The van der Waals surface area contributed by atoms with E-state index in [9.17, 15) is 9.90 Å². The van der Waals surface area contributed by atoms with E-state index in [1.54, 1.807) is 0 Å². The first kappa shape index (κ1) is 14.7. The normalized spacial score (nSPS) is 10.2. The average Bonchev–Trinajstić information content (AvgIpc) is 2.21. The maximum absolute atomic E-state index is 10.3. The van der Waals surface area contributed by atoms with Crippen LogP contribution in [-0.2, 0) is 4.79 Å². The molecule has 0 aliphatic heterocycles. The second-order valence-corrected chi connectivity index (χ2v) is 4.60. The van der Waals surface area contributed by atoms with Crippen LogP contribution in [0.3, 0.4) is 0 Å². The van der Waals surface area contributed by atoms with Gasteiger partial charge in [-0.1, -0.05) is 54.6 Å². The molecule has 0 bridgehead atoms. The molecular weight excluding hydrogens is 256 g/mol. The Kier molecular flexibility index (Phi) is 10.0. The number of rotatable bonds is 10. The molecule has 88 valence electrons. The van der Waals surface area contributed by atoms with E-state index in [-0.39, 0.29) is 5.57 Å². The smallest absolute Gasteiger partial charge is 0.0668 e. The van der Waals surface area contributed by atoms with E-state index in [0.717, 1.165) is 18.2 Å². The van der Waals surface area contributed by atoms with E-state index < -0.39 is 5.97 Å². The number of aliphatic carboxylic acids is 1. The molecule has 0 rings (SSSR count). The molecule has 0 spiro atoms. The lowest BCUT2D eigenvalue weighted by atomic mass is 10.1. The Morgan fingerprint density at radius 2 is 1.47 bits per heavy atom. The summed E-state index contributed by atoms with van der Waals surface area (Å²) in [7, 11) is 0. The molecule has 0 unspecified atom stereocenters. The van der Waals surface area contributed by atoms with Gasteiger partial charge in [-0.05, 0) is 24.8 Å². The van der Waals surface area contributed by atoms with Crippen molar-refractivity contribution in [1.29, 1.82) is 0 Å². The number of carboxylic acids is 1. The fraction of sp³-hybridized carbons (Fsp3) is 0.750. The van der Waals surface area contributed by atoms with Crippen LogP contribution >= 0.6 is 15.9 Å². The quantitative estimate of drug-likeness (QED) is 0.350. The zero-order chi connectivity index (χ0) is 11.5. The van der Waals surface area contributed by atoms with Gasteiger partial charge in [0.25, 0.3) is 0 Å². The molecule has 0 fully saturated rings. The highest BCUT2D eigenvalue weighted by atomic mass is 79.9. The summed E-state index contributed by atoms with van der Waals surface area (Å²) in [6.45, 7) is 3.45. The van der Waals surface area contributed by atoms with Crippen molar-refractivity contribution < 1.29 is 9.90 Å². The maximum atomic E-state index is 10.3. The van der Waals surface area contributed by atoms with Crippen molar-refractivity contribution in [3.05, 3.63) is 12.2 Å². The lowest BCUT2D eigenvalue weighted by molar-refractivity contribution is -0.299. The lowest BCUT2D eigenvalue weighted by Crippen LogP contribution is -2.23. The number of unbranched alkanes of at least 4 members (excludes halogenated alkanes) is 6.